The van der Waals surface area contributed by atoms with Crippen LogP contribution >= 0.6 is 0 Å². The molecular formula is C22H27N5O2. The zero-order valence-electron chi connectivity index (χ0n) is 17.2. The van der Waals surface area contributed by atoms with E-state index in [1.807, 2.05) is 35.4 Å². The molecule has 0 aromatic carbocycles. The largest absolute Gasteiger partial charge is 0.476 e. The number of carbonyl (C=O) groups is 1. The van der Waals surface area contributed by atoms with Gasteiger partial charge in [0.2, 0.25) is 5.88 Å². The van der Waals surface area contributed by atoms with Crippen molar-refractivity contribution < 1.29 is 9.53 Å². The number of carbonyl (C=O) groups excluding carboxylic acids is 1. The van der Waals surface area contributed by atoms with E-state index in [0.717, 1.165) is 37.3 Å². The Bertz CT molecular complexity index is 985. The molecule has 0 aliphatic carbocycles. The van der Waals surface area contributed by atoms with Crippen LogP contribution < -0.4 is 4.74 Å². The van der Waals surface area contributed by atoms with Crippen LogP contribution in [-0.2, 0) is 5.41 Å². The Morgan fingerprint density at radius 3 is 2.66 bits per heavy atom. The standard InChI is InChI=1S/C22H27N5O2/c1-22(2,3)18-14-27-19(24-18)7-8-20(25-27)29-15-16-9-12-26(13-10-16)21(28)17-6-4-5-11-23-17/h4-8,11,14,16H,9-10,12-13,15H2,1-3H3. The van der Waals surface area contributed by atoms with Crippen LogP contribution in [0.3, 0.4) is 0 Å². The second-order valence-electron chi connectivity index (χ2n) is 8.61. The van der Waals surface area contributed by atoms with Gasteiger partial charge in [0.05, 0.1) is 18.5 Å². The summed E-state index contributed by atoms with van der Waals surface area (Å²) < 4.78 is 7.74. The number of ether oxygens (including phenoxy) is 1. The second-order valence-corrected chi connectivity index (χ2v) is 8.61. The van der Waals surface area contributed by atoms with Crippen LogP contribution in [0.2, 0.25) is 0 Å². The molecule has 29 heavy (non-hydrogen) atoms. The predicted octanol–water partition coefficient (Wildman–Crippen LogP) is 3.35. The van der Waals surface area contributed by atoms with Crippen LogP contribution in [-0.4, -0.2) is 50.1 Å². The van der Waals surface area contributed by atoms with Gasteiger partial charge in [0, 0.05) is 30.8 Å². The molecule has 3 aromatic rings. The van der Waals surface area contributed by atoms with Crippen molar-refractivity contribution in [2.45, 2.75) is 39.0 Å². The van der Waals surface area contributed by atoms with Crippen molar-refractivity contribution in [1.29, 1.82) is 0 Å². The summed E-state index contributed by atoms with van der Waals surface area (Å²) >= 11 is 0. The van der Waals surface area contributed by atoms with Crippen molar-refractivity contribution in [3.05, 3.63) is 54.1 Å². The molecule has 7 heteroatoms. The SMILES string of the molecule is CC(C)(C)c1cn2nc(OCC3CCN(C(=O)c4ccccn4)CC3)ccc2n1. The van der Waals surface area contributed by atoms with Gasteiger partial charge in [0.15, 0.2) is 5.65 Å². The molecule has 1 amide bonds. The highest BCUT2D eigenvalue weighted by Crippen LogP contribution is 2.23. The summed E-state index contributed by atoms with van der Waals surface area (Å²) in [7, 11) is 0. The molecule has 0 saturated carbocycles. The van der Waals surface area contributed by atoms with Gasteiger partial charge < -0.3 is 9.64 Å². The number of hydrogen-bond donors (Lipinski definition) is 0. The lowest BCUT2D eigenvalue weighted by atomic mass is 9.93. The first-order chi connectivity index (χ1) is 13.9. The molecule has 0 unspecified atom stereocenters. The highest BCUT2D eigenvalue weighted by Gasteiger charge is 2.25. The Kier molecular flexibility index (Phi) is 5.22. The monoisotopic (exact) mass is 393 g/mol. The summed E-state index contributed by atoms with van der Waals surface area (Å²) in [4.78, 5) is 23.2. The first-order valence-corrected chi connectivity index (χ1v) is 10.1. The van der Waals surface area contributed by atoms with Gasteiger partial charge in [-0.2, -0.15) is 0 Å². The average Bonchev–Trinajstić information content (AvgIpc) is 3.17. The Morgan fingerprint density at radius 1 is 1.17 bits per heavy atom. The van der Waals surface area contributed by atoms with Gasteiger partial charge in [0.25, 0.3) is 5.91 Å². The van der Waals surface area contributed by atoms with Gasteiger partial charge in [-0.05, 0) is 37.0 Å². The number of likely N-dealkylation sites (tertiary alicyclic amines) is 1. The molecule has 1 aliphatic heterocycles. The topological polar surface area (TPSA) is 72.6 Å². The van der Waals surface area contributed by atoms with Gasteiger partial charge in [-0.3, -0.25) is 9.78 Å². The lowest BCUT2D eigenvalue weighted by Crippen LogP contribution is -2.40. The minimum absolute atomic E-state index is 0.00634. The lowest BCUT2D eigenvalue weighted by Gasteiger charge is -2.31. The number of amides is 1. The summed E-state index contributed by atoms with van der Waals surface area (Å²) in [5, 5.41) is 4.54. The third kappa shape index (κ3) is 4.39. The highest BCUT2D eigenvalue weighted by atomic mass is 16.5. The molecular weight excluding hydrogens is 366 g/mol. The predicted molar refractivity (Wildman–Crippen MR) is 110 cm³/mol. The number of fused-ring (bicyclic) bond motifs is 1. The molecule has 0 radical (unpaired) electrons. The van der Waals surface area contributed by atoms with E-state index in [9.17, 15) is 4.79 Å². The van der Waals surface area contributed by atoms with Crippen LogP contribution in [0.4, 0.5) is 0 Å². The number of imidazole rings is 1. The molecule has 4 rings (SSSR count). The third-order valence-electron chi connectivity index (χ3n) is 5.32. The van der Waals surface area contributed by atoms with Crippen molar-refractivity contribution in [1.82, 2.24) is 24.5 Å². The molecule has 0 N–H and O–H groups in total. The van der Waals surface area contributed by atoms with E-state index in [1.54, 1.807) is 16.8 Å². The maximum Gasteiger partial charge on any atom is 0.272 e. The van der Waals surface area contributed by atoms with E-state index in [1.165, 1.54) is 0 Å². The number of hydrogen-bond acceptors (Lipinski definition) is 5. The number of rotatable bonds is 4. The number of pyridine rings is 1. The molecule has 1 aliphatic rings. The van der Waals surface area contributed by atoms with E-state index in [-0.39, 0.29) is 11.3 Å². The van der Waals surface area contributed by atoms with Crippen LogP contribution in [0, 0.1) is 5.92 Å². The van der Waals surface area contributed by atoms with Crippen LogP contribution in [0.25, 0.3) is 5.65 Å². The maximum absolute atomic E-state index is 12.5. The van der Waals surface area contributed by atoms with E-state index in [4.69, 9.17) is 4.74 Å². The average molecular weight is 393 g/mol. The van der Waals surface area contributed by atoms with Crippen molar-refractivity contribution in [2.75, 3.05) is 19.7 Å². The molecule has 7 nitrogen and oxygen atoms in total. The summed E-state index contributed by atoms with van der Waals surface area (Å²) in [5.41, 5.74) is 2.32. The smallest absolute Gasteiger partial charge is 0.272 e. The number of piperidine rings is 1. The van der Waals surface area contributed by atoms with E-state index in [0.29, 0.717) is 24.1 Å². The first kappa shape index (κ1) is 19.4. The fourth-order valence-corrected chi connectivity index (χ4v) is 3.46. The van der Waals surface area contributed by atoms with Crippen LogP contribution in [0.1, 0.15) is 49.8 Å². The number of nitrogens with zero attached hydrogens (tertiary/aromatic N) is 5. The zero-order chi connectivity index (χ0) is 20.4. The molecule has 152 valence electrons. The van der Waals surface area contributed by atoms with Crippen LogP contribution in [0.5, 0.6) is 5.88 Å². The van der Waals surface area contributed by atoms with Gasteiger partial charge in [-0.1, -0.05) is 26.8 Å². The normalized spacial score (nSPS) is 15.6. The zero-order valence-corrected chi connectivity index (χ0v) is 17.2. The maximum atomic E-state index is 12.5. The summed E-state index contributed by atoms with van der Waals surface area (Å²) in [6.45, 7) is 8.47. The van der Waals surface area contributed by atoms with Gasteiger partial charge in [-0.15, -0.1) is 5.10 Å². The third-order valence-corrected chi connectivity index (χ3v) is 5.32. The van der Waals surface area contributed by atoms with Crippen molar-refractivity contribution in [2.24, 2.45) is 5.92 Å². The Labute approximate surface area is 170 Å². The number of aromatic nitrogens is 4. The van der Waals surface area contributed by atoms with Crippen molar-refractivity contribution in [3.63, 3.8) is 0 Å². The second kappa shape index (κ2) is 7.81. The molecule has 3 aromatic heterocycles. The van der Waals surface area contributed by atoms with E-state index >= 15 is 0 Å². The molecule has 0 bridgehead atoms. The van der Waals surface area contributed by atoms with E-state index < -0.39 is 0 Å². The minimum Gasteiger partial charge on any atom is -0.476 e. The van der Waals surface area contributed by atoms with Crippen molar-refractivity contribution >= 4 is 11.6 Å². The molecule has 0 atom stereocenters. The summed E-state index contributed by atoms with van der Waals surface area (Å²) in [6.07, 6.45) is 5.45. The fourth-order valence-electron chi connectivity index (χ4n) is 3.46. The molecule has 0 spiro atoms. The first-order valence-electron chi connectivity index (χ1n) is 10.1. The van der Waals surface area contributed by atoms with Gasteiger partial charge >= 0.3 is 0 Å². The molecule has 1 fully saturated rings. The van der Waals surface area contributed by atoms with Crippen molar-refractivity contribution in [3.8, 4) is 5.88 Å². The molecule has 4 heterocycles. The Morgan fingerprint density at radius 2 is 1.97 bits per heavy atom. The summed E-state index contributed by atoms with van der Waals surface area (Å²) in [5.74, 6) is 1.02. The quantitative estimate of drug-likeness (QED) is 0.680. The van der Waals surface area contributed by atoms with Crippen LogP contribution in [0.15, 0.2) is 42.7 Å². The Balaban J connectivity index is 1.32. The summed E-state index contributed by atoms with van der Waals surface area (Å²) in [6, 6.07) is 9.23. The fraction of sp³-hybridized carbons (Fsp3) is 0.455. The van der Waals surface area contributed by atoms with E-state index in [2.05, 4.69) is 35.8 Å². The molecule has 1 saturated heterocycles. The highest BCUT2D eigenvalue weighted by molar-refractivity contribution is 5.92. The Hall–Kier alpha value is -2.96. The van der Waals surface area contributed by atoms with Gasteiger partial charge in [-0.25, -0.2) is 9.50 Å². The van der Waals surface area contributed by atoms with Gasteiger partial charge in [0.1, 0.15) is 5.69 Å². The lowest BCUT2D eigenvalue weighted by molar-refractivity contribution is 0.0653. The minimum atomic E-state index is -0.0185.